The van der Waals surface area contributed by atoms with Crippen LogP contribution in [0.25, 0.3) is 10.4 Å². The summed E-state index contributed by atoms with van der Waals surface area (Å²) in [7, 11) is 0. The van der Waals surface area contributed by atoms with Crippen molar-refractivity contribution in [1.29, 1.82) is 0 Å². The van der Waals surface area contributed by atoms with Crippen LogP contribution in [0.3, 0.4) is 0 Å². The molecule has 1 aromatic carbocycles. The molecule has 0 atom stereocenters. The van der Waals surface area contributed by atoms with Gasteiger partial charge in [0.15, 0.2) is 0 Å². The van der Waals surface area contributed by atoms with E-state index in [1.165, 1.54) is 16.0 Å². The van der Waals surface area contributed by atoms with Gasteiger partial charge in [0.1, 0.15) is 0 Å². The minimum Gasteiger partial charge on any atom is -0.313 e. The van der Waals surface area contributed by atoms with Gasteiger partial charge in [0.25, 0.3) is 0 Å². The highest BCUT2D eigenvalue weighted by atomic mass is 32.1. The third-order valence-corrected chi connectivity index (χ3v) is 3.23. The van der Waals surface area contributed by atoms with Crippen LogP contribution in [-0.2, 0) is 6.54 Å². The summed E-state index contributed by atoms with van der Waals surface area (Å²) in [4.78, 5) is 1.34. The summed E-state index contributed by atoms with van der Waals surface area (Å²) < 4.78 is 0. The van der Waals surface area contributed by atoms with E-state index in [1.807, 2.05) is 0 Å². The Bertz CT molecular complexity index is 406. The lowest BCUT2D eigenvalue weighted by molar-refractivity contribution is 0.727. The predicted octanol–water partition coefficient (Wildman–Crippen LogP) is 3.52. The monoisotopic (exact) mass is 217 g/mol. The van der Waals surface area contributed by atoms with Crippen LogP contribution in [-0.4, -0.2) is 6.54 Å². The highest BCUT2D eigenvalue weighted by Gasteiger charge is 1.99. The summed E-state index contributed by atoms with van der Waals surface area (Å²) in [5, 5.41) is 5.46. The summed E-state index contributed by atoms with van der Waals surface area (Å²) in [6.45, 7) is 4.10. The lowest BCUT2D eigenvalue weighted by atomic mass is 10.1. The maximum atomic E-state index is 3.34. The van der Waals surface area contributed by atoms with E-state index in [1.54, 1.807) is 11.3 Å². The van der Waals surface area contributed by atoms with Gasteiger partial charge in [-0.15, -0.1) is 11.3 Å². The van der Waals surface area contributed by atoms with E-state index in [-0.39, 0.29) is 0 Å². The summed E-state index contributed by atoms with van der Waals surface area (Å²) in [5.74, 6) is 0. The van der Waals surface area contributed by atoms with Crippen LogP contribution in [0.15, 0.2) is 41.8 Å². The van der Waals surface area contributed by atoms with Crippen molar-refractivity contribution in [1.82, 2.24) is 5.32 Å². The Balaban J connectivity index is 2.19. The van der Waals surface area contributed by atoms with Gasteiger partial charge in [0, 0.05) is 11.4 Å². The van der Waals surface area contributed by atoms with Crippen LogP contribution in [0.5, 0.6) is 0 Å². The average Bonchev–Trinajstić information content (AvgIpc) is 2.80. The highest BCUT2D eigenvalue weighted by molar-refractivity contribution is 7.13. The molecule has 0 spiro atoms. The molecule has 0 fully saturated rings. The first kappa shape index (κ1) is 10.4. The first-order valence-corrected chi connectivity index (χ1v) is 6.11. The fourth-order valence-electron chi connectivity index (χ4n) is 1.55. The standard InChI is InChI=1S/C13H15NS/c1-2-14-10-11-5-3-6-12(9-11)13-7-4-8-15-13/h3-9,14H,2,10H2,1H3. The predicted molar refractivity (Wildman–Crippen MR) is 67.1 cm³/mol. The molecule has 1 N–H and O–H groups in total. The van der Waals surface area contributed by atoms with Gasteiger partial charge in [-0.2, -0.15) is 0 Å². The van der Waals surface area contributed by atoms with Crippen molar-refractivity contribution in [3.63, 3.8) is 0 Å². The van der Waals surface area contributed by atoms with Gasteiger partial charge in [-0.05, 0) is 35.2 Å². The summed E-state index contributed by atoms with van der Waals surface area (Å²) in [6.07, 6.45) is 0. The Labute approximate surface area is 94.8 Å². The van der Waals surface area contributed by atoms with Crippen LogP contribution in [0, 0.1) is 0 Å². The van der Waals surface area contributed by atoms with Gasteiger partial charge in [0.2, 0.25) is 0 Å². The molecule has 0 amide bonds. The molecule has 0 aliphatic carbocycles. The smallest absolute Gasteiger partial charge is 0.0342 e. The molecule has 1 nitrogen and oxygen atoms in total. The van der Waals surface area contributed by atoms with Gasteiger partial charge < -0.3 is 5.32 Å². The Morgan fingerprint density at radius 1 is 1.20 bits per heavy atom. The van der Waals surface area contributed by atoms with E-state index in [2.05, 4.69) is 54.0 Å². The molecule has 1 heterocycles. The molecule has 0 aliphatic heterocycles. The average molecular weight is 217 g/mol. The second kappa shape index (κ2) is 5.10. The molecule has 15 heavy (non-hydrogen) atoms. The third-order valence-electron chi connectivity index (χ3n) is 2.31. The van der Waals surface area contributed by atoms with E-state index in [0.717, 1.165) is 13.1 Å². The molecule has 2 rings (SSSR count). The lowest BCUT2D eigenvalue weighted by Gasteiger charge is -2.04. The number of nitrogens with one attached hydrogen (secondary N) is 1. The molecule has 2 heteroatoms. The van der Waals surface area contributed by atoms with Crippen molar-refractivity contribution in [3.05, 3.63) is 47.3 Å². The first-order valence-electron chi connectivity index (χ1n) is 5.23. The SMILES string of the molecule is CCNCc1cccc(-c2cccs2)c1. The zero-order chi connectivity index (χ0) is 10.5. The van der Waals surface area contributed by atoms with E-state index >= 15 is 0 Å². The molecular formula is C13H15NS. The molecule has 0 saturated carbocycles. The van der Waals surface area contributed by atoms with Crippen molar-refractivity contribution in [2.24, 2.45) is 0 Å². The van der Waals surface area contributed by atoms with Crippen LogP contribution in [0.2, 0.25) is 0 Å². The molecule has 78 valence electrons. The number of benzene rings is 1. The van der Waals surface area contributed by atoms with Crippen molar-refractivity contribution in [2.75, 3.05) is 6.54 Å². The minimum atomic E-state index is 0.954. The third kappa shape index (κ3) is 2.67. The normalized spacial score (nSPS) is 10.5. The number of hydrogen-bond donors (Lipinski definition) is 1. The molecule has 2 aromatic rings. The van der Waals surface area contributed by atoms with E-state index in [4.69, 9.17) is 0 Å². The second-order valence-corrected chi connectivity index (χ2v) is 4.41. The topological polar surface area (TPSA) is 12.0 Å². The Kier molecular flexibility index (Phi) is 3.54. The zero-order valence-electron chi connectivity index (χ0n) is 8.86. The Morgan fingerprint density at radius 3 is 2.87 bits per heavy atom. The summed E-state index contributed by atoms with van der Waals surface area (Å²) in [5.41, 5.74) is 2.67. The molecule has 0 unspecified atom stereocenters. The molecular weight excluding hydrogens is 202 g/mol. The van der Waals surface area contributed by atoms with Crippen molar-refractivity contribution in [3.8, 4) is 10.4 Å². The summed E-state index contributed by atoms with van der Waals surface area (Å²) in [6, 6.07) is 13.0. The van der Waals surface area contributed by atoms with Gasteiger partial charge in [-0.1, -0.05) is 31.2 Å². The molecule has 0 radical (unpaired) electrons. The Morgan fingerprint density at radius 2 is 2.13 bits per heavy atom. The number of hydrogen-bond acceptors (Lipinski definition) is 2. The van der Waals surface area contributed by atoms with Gasteiger partial charge >= 0.3 is 0 Å². The minimum absolute atomic E-state index is 0.954. The van der Waals surface area contributed by atoms with Crippen molar-refractivity contribution >= 4 is 11.3 Å². The summed E-state index contributed by atoms with van der Waals surface area (Å²) >= 11 is 1.79. The van der Waals surface area contributed by atoms with Gasteiger partial charge in [-0.3, -0.25) is 0 Å². The largest absolute Gasteiger partial charge is 0.313 e. The van der Waals surface area contributed by atoms with E-state index in [0.29, 0.717) is 0 Å². The van der Waals surface area contributed by atoms with Crippen LogP contribution in [0.1, 0.15) is 12.5 Å². The quantitative estimate of drug-likeness (QED) is 0.826. The maximum absolute atomic E-state index is 3.34. The van der Waals surface area contributed by atoms with E-state index < -0.39 is 0 Å². The van der Waals surface area contributed by atoms with Crippen molar-refractivity contribution < 1.29 is 0 Å². The molecule has 0 aliphatic rings. The molecule has 1 aromatic heterocycles. The maximum Gasteiger partial charge on any atom is 0.0342 e. The van der Waals surface area contributed by atoms with Crippen LogP contribution in [0.4, 0.5) is 0 Å². The fourth-order valence-corrected chi connectivity index (χ4v) is 2.27. The number of rotatable bonds is 4. The first-order chi connectivity index (χ1) is 7.40. The van der Waals surface area contributed by atoms with Gasteiger partial charge in [-0.25, -0.2) is 0 Å². The highest BCUT2D eigenvalue weighted by Crippen LogP contribution is 2.25. The van der Waals surface area contributed by atoms with Gasteiger partial charge in [0.05, 0.1) is 0 Å². The molecule has 0 bridgehead atoms. The Hall–Kier alpha value is -1.12. The fraction of sp³-hybridized carbons (Fsp3) is 0.231. The van der Waals surface area contributed by atoms with E-state index in [9.17, 15) is 0 Å². The van der Waals surface area contributed by atoms with Crippen LogP contribution >= 0.6 is 11.3 Å². The molecule has 0 saturated heterocycles. The lowest BCUT2D eigenvalue weighted by Crippen LogP contribution is -2.11. The number of thiophene rings is 1. The van der Waals surface area contributed by atoms with Crippen molar-refractivity contribution in [2.45, 2.75) is 13.5 Å². The second-order valence-electron chi connectivity index (χ2n) is 3.46. The zero-order valence-corrected chi connectivity index (χ0v) is 9.68. The van der Waals surface area contributed by atoms with Crippen LogP contribution < -0.4 is 5.32 Å².